The van der Waals surface area contributed by atoms with Gasteiger partial charge in [-0.1, -0.05) is 0 Å². The van der Waals surface area contributed by atoms with Gasteiger partial charge in [-0.25, -0.2) is 0 Å². The summed E-state index contributed by atoms with van der Waals surface area (Å²) in [5.41, 5.74) is -0.241. The Hall–Kier alpha value is -0.430. The van der Waals surface area contributed by atoms with Crippen molar-refractivity contribution in [1.82, 2.24) is 0 Å². The lowest BCUT2D eigenvalue weighted by molar-refractivity contribution is -0.110. The molecule has 0 saturated heterocycles. The van der Waals surface area contributed by atoms with Crippen molar-refractivity contribution < 1.29 is 9.36 Å². The first-order valence-corrected chi connectivity index (χ1v) is 4.07. The number of nitrogens with one attached hydrogen (secondary N) is 1. The van der Waals surface area contributed by atoms with E-state index in [1.165, 1.54) is 13.6 Å². The molecule has 1 N–H and O–H groups in total. The molecule has 1 atom stereocenters. The number of hydrogen-bond donors (Lipinski definition) is 1. The first kappa shape index (κ1) is 7.57. The van der Waals surface area contributed by atoms with Crippen LogP contribution >= 0.6 is 7.80 Å². The van der Waals surface area contributed by atoms with Gasteiger partial charge in [0, 0.05) is 6.92 Å². The maximum Gasteiger partial charge on any atom is 0.180 e. The van der Waals surface area contributed by atoms with Crippen molar-refractivity contribution in [3.05, 3.63) is 0 Å². The Bertz CT molecular complexity index is 136. The molecule has 0 amide bonds. The zero-order chi connectivity index (χ0) is 6.73. The lowest BCUT2D eigenvalue weighted by atomic mass is 10.5. The van der Waals surface area contributed by atoms with E-state index in [9.17, 15) is 9.36 Å². The van der Waals surface area contributed by atoms with E-state index in [2.05, 4.69) is 0 Å². The van der Waals surface area contributed by atoms with Crippen LogP contribution in [0.1, 0.15) is 6.92 Å². The smallest absolute Gasteiger partial charge is 0.180 e. The quantitative estimate of drug-likeness (QED) is 0.446. The van der Waals surface area contributed by atoms with Gasteiger partial charge >= 0.3 is 0 Å². The minimum Gasteiger partial charge on any atom is -0.321 e. The van der Waals surface area contributed by atoms with Gasteiger partial charge in [-0.3, -0.25) is 10.2 Å². The summed E-state index contributed by atoms with van der Waals surface area (Å²) < 4.78 is 10.3. The monoisotopic (exact) mass is 133 g/mol. The van der Waals surface area contributed by atoms with Crippen molar-refractivity contribution in [2.75, 3.05) is 6.66 Å². The van der Waals surface area contributed by atoms with Crippen LogP contribution in [0, 0.1) is 5.41 Å². The van der Waals surface area contributed by atoms with Gasteiger partial charge in [0.2, 0.25) is 0 Å². The van der Waals surface area contributed by atoms with E-state index in [1.807, 2.05) is 0 Å². The SMILES string of the molecule is CC(=O)C(=N)[PH](C)=O. The fourth-order valence-corrected chi connectivity index (χ4v) is 0.744. The minimum absolute atomic E-state index is 0.241. The van der Waals surface area contributed by atoms with E-state index >= 15 is 0 Å². The van der Waals surface area contributed by atoms with Crippen LogP contribution < -0.4 is 0 Å². The number of carbonyl (C=O) groups is 1. The Morgan fingerprint density at radius 3 is 2.00 bits per heavy atom. The number of ketones is 1. The maximum absolute atomic E-state index is 10.3. The summed E-state index contributed by atoms with van der Waals surface area (Å²) in [7, 11) is -2.03. The van der Waals surface area contributed by atoms with Gasteiger partial charge in [0.1, 0.15) is 13.3 Å². The molecule has 0 spiro atoms. The molecule has 0 aliphatic heterocycles. The molecular formula is C4H8NO2P. The molecule has 0 heterocycles. The summed E-state index contributed by atoms with van der Waals surface area (Å²) in [6.45, 7) is 2.63. The predicted octanol–water partition coefficient (Wildman–Crippen LogP) is 0.742. The zero-order valence-electron chi connectivity index (χ0n) is 4.82. The normalized spacial score (nSPS) is 12.8. The van der Waals surface area contributed by atoms with E-state index in [4.69, 9.17) is 5.41 Å². The Morgan fingerprint density at radius 2 is 2.00 bits per heavy atom. The molecule has 0 rings (SSSR count). The Morgan fingerprint density at radius 1 is 1.62 bits per heavy atom. The summed E-state index contributed by atoms with van der Waals surface area (Å²) in [5, 5.41) is 6.78. The highest BCUT2D eigenvalue weighted by molar-refractivity contribution is 7.66. The third kappa shape index (κ3) is 2.03. The maximum atomic E-state index is 10.3. The van der Waals surface area contributed by atoms with E-state index in [1.54, 1.807) is 0 Å². The fraction of sp³-hybridized carbons (Fsp3) is 0.500. The Balaban J connectivity index is 4.05. The third-order valence-corrected chi connectivity index (χ3v) is 1.76. The van der Waals surface area contributed by atoms with Crippen LogP contribution in [-0.4, -0.2) is 17.9 Å². The highest BCUT2D eigenvalue weighted by Crippen LogP contribution is 2.14. The summed E-state index contributed by atoms with van der Waals surface area (Å²) in [5.74, 6) is -0.392. The van der Waals surface area contributed by atoms with Crippen LogP contribution in [0.15, 0.2) is 0 Å². The second-order valence-electron chi connectivity index (χ2n) is 1.49. The largest absolute Gasteiger partial charge is 0.321 e. The summed E-state index contributed by atoms with van der Waals surface area (Å²) >= 11 is 0. The number of rotatable bonds is 2. The third-order valence-electron chi connectivity index (χ3n) is 0.704. The zero-order valence-corrected chi connectivity index (χ0v) is 5.82. The fourth-order valence-electron chi connectivity index (χ4n) is 0.248. The van der Waals surface area contributed by atoms with Crippen LogP contribution in [-0.2, 0) is 9.36 Å². The Labute approximate surface area is 48.4 Å². The van der Waals surface area contributed by atoms with Crippen molar-refractivity contribution in [3.63, 3.8) is 0 Å². The average molecular weight is 133 g/mol. The molecule has 0 fully saturated rings. The van der Waals surface area contributed by atoms with E-state index in [-0.39, 0.29) is 5.45 Å². The van der Waals surface area contributed by atoms with Gasteiger partial charge in [0.05, 0.1) is 0 Å². The summed E-state index contributed by atoms with van der Waals surface area (Å²) in [4.78, 5) is 10.2. The van der Waals surface area contributed by atoms with Crippen molar-refractivity contribution in [1.29, 1.82) is 5.41 Å². The lowest BCUT2D eigenvalue weighted by Crippen LogP contribution is -2.01. The molecule has 0 aliphatic carbocycles. The van der Waals surface area contributed by atoms with Crippen LogP contribution in [0.2, 0.25) is 0 Å². The van der Waals surface area contributed by atoms with Gasteiger partial charge in [0.15, 0.2) is 5.78 Å². The van der Waals surface area contributed by atoms with Gasteiger partial charge in [-0.2, -0.15) is 0 Å². The molecule has 0 aliphatic rings. The predicted molar refractivity (Wildman–Crippen MR) is 33.3 cm³/mol. The van der Waals surface area contributed by atoms with Crippen molar-refractivity contribution in [3.8, 4) is 0 Å². The van der Waals surface area contributed by atoms with Crippen molar-refractivity contribution in [2.45, 2.75) is 6.92 Å². The van der Waals surface area contributed by atoms with Gasteiger partial charge < -0.3 is 4.57 Å². The van der Waals surface area contributed by atoms with Gasteiger partial charge in [-0.05, 0) is 6.66 Å². The minimum atomic E-state index is -2.03. The topological polar surface area (TPSA) is 58.0 Å². The highest BCUT2D eigenvalue weighted by Gasteiger charge is 2.04. The molecule has 0 bridgehead atoms. The van der Waals surface area contributed by atoms with Crippen molar-refractivity contribution >= 4 is 19.0 Å². The standard InChI is InChI=1S/C4H8NO2P/c1-3(6)4(5)8(2)7/h5,8H,1-2H3. The highest BCUT2D eigenvalue weighted by atomic mass is 31.1. The molecule has 8 heavy (non-hydrogen) atoms. The molecule has 3 nitrogen and oxygen atoms in total. The van der Waals surface area contributed by atoms with Crippen LogP contribution in [0.25, 0.3) is 0 Å². The van der Waals surface area contributed by atoms with E-state index in [0.29, 0.717) is 0 Å². The number of Topliss-reactive ketones (excluding diaryl/α,β-unsaturated/α-hetero) is 1. The second-order valence-corrected chi connectivity index (χ2v) is 3.10. The molecule has 0 aromatic rings. The van der Waals surface area contributed by atoms with Gasteiger partial charge in [0.25, 0.3) is 0 Å². The van der Waals surface area contributed by atoms with Crippen LogP contribution in [0.3, 0.4) is 0 Å². The molecule has 0 aromatic heterocycles. The molecule has 0 aromatic carbocycles. The van der Waals surface area contributed by atoms with Crippen LogP contribution in [0.5, 0.6) is 0 Å². The molecule has 1 unspecified atom stereocenters. The summed E-state index contributed by atoms with van der Waals surface area (Å²) in [6.07, 6.45) is 0. The second kappa shape index (κ2) is 2.78. The molecule has 4 heteroatoms. The van der Waals surface area contributed by atoms with E-state index < -0.39 is 13.6 Å². The molecule has 46 valence electrons. The van der Waals surface area contributed by atoms with E-state index in [0.717, 1.165) is 0 Å². The average Bonchev–Trinajstić information content (AvgIpc) is 1.64. The molecular weight excluding hydrogens is 125 g/mol. The number of carbonyl (C=O) groups excluding carboxylic acids is 1. The molecule has 0 radical (unpaired) electrons. The number of hydrogen-bond acceptors (Lipinski definition) is 3. The first-order valence-electron chi connectivity index (χ1n) is 2.16. The lowest BCUT2D eigenvalue weighted by Gasteiger charge is -1.88. The van der Waals surface area contributed by atoms with Crippen molar-refractivity contribution in [2.24, 2.45) is 0 Å². The Kier molecular flexibility index (Phi) is 2.63. The first-order chi connectivity index (χ1) is 3.55. The summed E-state index contributed by atoms with van der Waals surface area (Å²) in [6, 6.07) is 0. The van der Waals surface area contributed by atoms with Gasteiger partial charge in [-0.15, -0.1) is 0 Å². The van der Waals surface area contributed by atoms with Crippen LogP contribution in [0.4, 0.5) is 0 Å². The molecule has 0 saturated carbocycles.